The van der Waals surface area contributed by atoms with Gasteiger partial charge in [0, 0.05) is 5.69 Å². The van der Waals surface area contributed by atoms with Gasteiger partial charge < -0.3 is 19.5 Å². The number of halogens is 1. The summed E-state index contributed by atoms with van der Waals surface area (Å²) in [6, 6.07) is 12.1. The Morgan fingerprint density at radius 2 is 1.72 bits per heavy atom. The maximum absolute atomic E-state index is 12.5. The first-order chi connectivity index (χ1) is 14.0. The summed E-state index contributed by atoms with van der Waals surface area (Å²) in [5.74, 6) is 1.07. The normalized spacial score (nSPS) is 10.8. The summed E-state index contributed by atoms with van der Waals surface area (Å²) < 4.78 is 16.5. The van der Waals surface area contributed by atoms with Gasteiger partial charge in [-0.1, -0.05) is 11.6 Å². The number of carbonyl (C=O) groups excluding carboxylic acids is 1. The Hall–Kier alpha value is -3.17. The highest BCUT2D eigenvalue weighted by Gasteiger charge is 2.14. The molecular weight excluding hydrogens is 392 g/mol. The first-order valence-electron chi connectivity index (χ1n) is 9.27. The predicted octanol–water partition coefficient (Wildman–Crippen LogP) is 5.08. The molecule has 1 N–H and O–H groups in total. The third-order valence-corrected chi connectivity index (χ3v) is 4.00. The van der Waals surface area contributed by atoms with E-state index in [4.69, 9.17) is 25.8 Å². The van der Waals surface area contributed by atoms with Crippen molar-refractivity contribution in [1.82, 2.24) is 0 Å². The maximum Gasteiger partial charge on any atom is 0.266 e. The average Bonchev–Trinajstić information content (AvgIpc) is 2.70. The van der Waals surface area contributed by atoms with Crippen LogP contribution in [0.5, 0.6) is 17.2 Å². The smallest absolute Gasteiger partial charge is 0.266 e. The Morgan fingerprint density at radius 1 is 1.07 bits per heavy atom. The van der Waals surface area contributed by atoms with E-state index in [1.54, 1.807) is 36.4 Å². The van der Waals surface area contributed by atoms with Gasteiger partial charge >= 0.3 is 0 Å². The maximum atomic E-state index is 12.5. The van der Waals surface area contributed by atoms with Crippen LogP contribution in [0.25, 0.3) is 6.08 Å². The van der Waals surface area contributed by atoms with Crippen molar-refractivity contribution in [2.24, 2.45) is 0 Å². The monoisotopic (exact) mass is 414 g/mol. The lowest BCUT2D eigenvalue weighted by molar-refractivity contribution is -0.112. The van der Waals surface area contributed by atoms with Crippen LogP contribution in [0.1, 0.15) is 26.3 Å². The molecule has 0 aliphatic rings. The van der Waals surface area contributed by atoms with Crippen molar-refractivity contribution >= 4 is 29.3 Å². The molecule has 2 aromatic carbocycles. The van der Waals surface area contributed by atoms with Crippen LogP contribution in [0, 0.1) is 11.3 Å². The minimum absolute atomic E-state index is 0.0680. The van der Waals surface area contributed by atoms with E-state index in [1.165, 1.54) is 6.08 Å². The third-order valence-electron chi connectivity index (χ3n) is 3.72. The van der Waals surface area contributed by atoms with Gasteiger partial charge in [-0.3, -0.25) is 4.79 Å². The van der Waals surface area contributed by atoms with E-state index in [0.29, 0.717) is 53.3 Å². The molecule has 0 bridgehead atoms. The van der Waals surface area contributed by atoms with Crippen molar-refractivity contribution in [3.8, 4) is 23.3 Å². The molecule has 2 aromatic rings. The number of hydrogen-bond acceptors (Lipinski definition) is 5. The van der Waals surface area contributed by atoms with Crippen molar-refractivity contribution in [2.45, 2.75) is 20.8 Å². The number of nitrogens with zero attached hydrogens (tertiary/aromatic N) is 1. The number of nitrogens with one attached hydrogen (secondary N) is 1. The van der Waals surface area contributed by atoms with Crippen LogP contribution in [-0.4, -0.2) is 25.7 Å². The molecular formula is C22H23ClN2O4. The lowest BCUT2D eigenvalue weighted by Gasteiger charge is -2.13. The van der Waals surface area contributed by atoms with Gasteiger partial charge in [-0.05, 0) is 68.8 Å². The molecule has 152 valence electrons. The largest absolute Gasteiger partial charge is 0.494 e. The molecule has 0 radical (unpaired) electrons. The summed E-state index contributed by atoms with van der Waals surface area (Å²) in [5.41, 5.74) is 1.04. The predicted molar refractivity (Wildman–Crippen MR) is 114 cm³/mol. The molecule has 1 amide bonds. The highest BCUT2D eigenvalue weighted by Crippen LogP contribution is 2.37. The fraction of sp³-hybridized carbons (Fsp3) is 0.273. The summed E-state index contributed by atoms with van der Waals surface area (Å²) in [4.78, 5) is 12.5. The molecule has 0 spiro atoms. The summed E-state index contributed by atoms with van der Waals surface area (Å²) >= 11 is 6.30. The van der Waals surface area contributed by atoms with Crippen LogP contribution in [0.15, 0.2) is 42.0 Å². The molecule has 0 aromatic heterocycles. The Kier molecular flexibility index (Phi) is 8.38. The van der Waals surface area contributed by atoms with Gasteiger partial charge in [-0.2, -0.15) is 5.26 Å². The fourth-order valence-electron chi connectivity index (χ4n) is 2.53. The van der Waals surface area contributed by atoms with Crippen molar-refractivity contribution < 1.29 is 19.0 Å². The Balaban J connectivity index is 2.25. The molecule has 0 saturated heterocycles. The fourth-order valence-corrected chi connectivity index (χ4v) is 2.81. The van der Waals surface area contributed by atoms with Crippen LogP contribution < -0.4 is 19.5 Å². The average molecular weight is 415 g/mol. The van der Waals surface area contributed by atoms with Gasteiger partial charge in [0.15, 0.2) is 11.5 Å². The van der Waals surface area contributed by atoms with E-state index in [9.17, 15) is 10.1 Å². The zero-order valence-corrected chi connectivity index (χ0v) is 17.4. The molecule has 0 aliphatic heterocycles. The SMILES string of the molecule is CCOc1ccc(NC(=O)/C(C#N)=C/c2cc(Cl)c(OCC)c(OCC)c2)cc1. The first kappa shape index (κ1) is 22.1. The van der Waals surface area contributed by atoms with E-state index < -0.39 is 5.91 Å². The summed E-state index contributed by atoms with van der Waals surface area (Å²) in [5, 5.41) is 12.5. The van der Waals surface area contributed by atoms with Crippen molar-refractivity contribution in [3.63, 3.8) is 0 Å². The lowest BCUT2D eigenvalue weighted by atomic mass is 10.1. The van der Waals surface area contributed by atoms with Gasteiger partial charge in [0.1, 0.15) is 17.4 Å². The molecule has 0 aliphatic carbocycles. The van der Waals surface area contributed by atoms with Crippen LogP contribution in [0.2, 0.25) is 5.02 Å². The molecule has 0 atom stereocenters. The van der Waals surface area contributed by atoms with Crippen LogP contribution >= 0.6 is 11.6 Å². The summed E-state index contributed by atoms with van der Waals surface area (Å²) in [6.07, 6.45) is 1.45. The minimum Gasteiger partial charge on any atom is -0.494 e. The van der Waals surface area contributed by atoms with E-state index in [1.807, 2.05) is 26.8 Å². The second-order valence-corrected chi connectivity index (χ2v) is 6.18. The second-order valence-electron chi connectivity index (χ2n) is 5.78. The molecule has 0 unspecified atom stereocenters. The lowest BCUT2D eigenvalue weighted by Crippen LogP contribution is -2.13. The van der Waals surface area contributed by atoms with Crippen LogP contribution in [0.4, 0.5) is 5.69 Å². The number of benzene rings is 2. The topological polar surface area (TPSA) is 80.6 Å². The van der Waals surface area contributed by atoms with E-state index in [-0.39, 0.29) is 5.57 Å². The number of rotatable bonds is 9. The number of anilines is 1. The summed E-state index contributed by atoms with van der Waals surface area (Å²) in [7, 11) is 0. The molecule has 29 heavy (non-hydrogen) atoms. The molecule has 6 nitrogen and oxygen atoms in total. The molecule has 2 rings (SSSR count). The molecule has 0 fully saturated rings. The summed E-state index contributed by atoms with van der Waals surface area (Å²) in [6.45, 7) is 7.00. The van der Waals surface area contributed by atoms with Crippen molar-refractivity contribution in [2.75, 3.05) is 25.1 Å². The first-order valence-corrected chi connectivity index (χ1v) is 9.65. The number of nitriles is 1. The van der Waals surface area contributed by atoms with Gasteiger partial charge in [0.05, 0.1) is 24.8 Å². The zero-order chi connectivity index (χ0) is 21.2. The zero-order valence-electron chi connectivity index (χ0n) is 16.6. The Bertz CT molecular complexity index is 918. The molecule has 0 saturated carbocycles. The van der Waals surface area contributed by atoms with Gasteiger partial charge in [-0.25, -0.2) is 0 Å². The van der Waals surface area contributed by atoms with Gasteiger partial charge in [-0.15, -0.1) is 0 Å². The number of amides is 1. The van der Waals surface area contributed by atoms with Gasteiger partial charge in [0.2, 0.25) is 0 Å². The van der Waals surface area contributed by atoms with Crippen molar-refractivity contribution in [3.05, 3.63) is 52.6 Å². The number of ether oxygens (including phenoxy) is 3. The number of hydrogen-bond donors (Lipinski definition) is 1. The number of carbonyl (C=O) groups is 1. The van der Waals surface area contributed by atoms with E-state index in [0.717, 1.165) is 0 Å². The molecule has 0 heterocycles. The highest BCUT2D eigenvalue weighted by molar-refractivity contribution is 6.32. The second kappa shape index (κ2) is 11.0. The van der Waals surface area contributed by atoms with E-state index >= 15 is 0 Å². The molecule has 7 heteroatoms. The third kappa shape index (κ3) is 6.16. The highest BCUT2D eigenvalue weighted by atomic mass is 35.5. The van der Waals surface area contributed by atoms with Gasteiger partial charge in [0.25, 0.3) is 5.91 Å². The Morgan fingerprint density at radius 3 is 2.31 bits per heavy atom. The van der Waals surface area contributed by atoms with Crippen LogP contribution in [0.3, 0.4) is 0 Å². The van der Waals surface area contributed by atoms with E-state index in [2.05, 4.69) is 5.32 Å². The van der Waals surface area contributed by atoms with Crippen LogP contribution in [-0.2, 0) is 4.79 Å². The minimum atomic E-state index is -0.528. The van der Waals surface area contributed by atoms with Crippen molar-refractivity contribution in [1.29, 1.82) is 5.26 Å². The quantitative estimate of drug-likeness (QED) is 0.457. The standard InChI is InChI=1S/C22H23ClN2O4/c1-4-27-18-9-7-17(8-10-18)25-22(26)16(14-24)11-15-12-19(23)21(29-6-3)20(13-15)28-5-2/h7-13H,4-6H2,1-3H3,(H,25,26)/b16-11+. The Labute approximate surface area is 175 Å².